The lowest BCUT2D eigenvalue weighted by Crippen LogP contribution is -2.44. The molecule has 0 aliphatic carbocycles. The first-order valence-corrected chi connectivity index (χ1v) is 8.24. The van der Waals surface area contributed by atoms with Crippen LogP contribution in [0.1, 0.15) is 18.4 Å². The van der Waals surface area contributed by atoms with E-state index < -0.39 is 10.0 Å². The molecule has 2 heterocycles. The quantitative estimate of drug-likeness (QED) is 0.790. The van der Waals surface area contributed by atoms with Crippen LogP contribution in [0.25, 0.3) is 0 Å². The van der Waals surface area contributed by atoms with Gasteiger partial charge in [0.15, 0.2) is 5.03 Å². The van der Waals surface area contributed by atoms with Gasteiger partial charge in [-0.1, -0.05) is 0 Å². The maximum atomic E-state index is 12.7. The molecule has 2 rings (SSSR count). The first-order valence-electron chi connectivity index (χ1n) is 6.80. The molecule has 1 aliphatic heterocycles. The van der Waals surface area contributed by atoms with Crippen molar-refractivity contribution in [1.82, 2.24) is 24.7 Å². The standard InChI is InChI=1S/C12H23N5O2S/c1-13-8-10-9-14-15-12(10)20(18,19)17(3)11-4-6-16(2)7-5-11/h9,11,13H,4-8H2,1-3H3,(H,14,15). The van der Waals surface area contributed by atoms with E-state index in [0.717, 1.165) is 25.9 Å². The summed E-state index contributed by atoms with van der Waals surface area (Å²) in [7, 11) is 2.00. The molecule has 1 saturated heterocycles. The van der Waals surface area contributed by atoms with Gasteiger partial charge in [0.2, 0.25) is 0 Å². The monoisotopic (exact) mass is 301 g/mol. The minimum atomic E-state index is -3.51. The lowest BCUT2D eigenvalue weighted by Gasteiger charge is -2.34. The van der Waals surface area contributed by atoms with E-state index in [9.17, 15) is 8.42 Å². The summed E-state index contributed by atoms with van der Waals surface area (Å²) in [5.74, 6) is 0. The third kappa shape index (κ3) is 3.03. The fourth-order valence-corrected chi connectivity index (χ4v) is 4.05. The number of piperidine rings is 1. The van der Waals surface area contributed by atoms with Crippen molar-refractivity contribution in [3.05, 3.63) is 11.8 Å². The van der Waals surface area contributed by atoms with Gasteiger partial charge in [-0.2, -0.15) is 9.40 Å². The summed E-state index contributed by atoms with van der Waals surface area (Å²) in [5, 5.41) is 9.66. The van der Waals surface area contributed by atoms with Gasteiger partial charge in [0.25, 0.3) is 10.0 Å². The van der Waals surface area contributed by atoms with Crippen molar-refractivity contribution in [3.63, 3.8) is 0 Å². The average Bonchev–Trinajstić information content (AvgIpc) is 2.88. The van der Waals surface area contributed by atoms with Gasteiger partial charge >= 0.3 is 0 Å². The largest absolute Gasteiger partial charge is 0.316 e. The molecule has 0 bridgehead atoms. The second kappa shape index (κ2) is 6.21. The van der Waals surface area contributed by atoms with E-state index in [4.69, 9.17) is 0 Å². The SMILES string of the molecule is CNCc1cn[nH]c1S(=O)(=O)N(C)C1CCN(C)CC1. The number of likely N-dealkylation sites (tertiary alicyclic amines) is 1. The van der Waals surface area contributed by atoms with Crippen LogP contribution in [0, 0.1) is 0 Å². The molecule has 1 aliphatic rings. The summed E-state index contributed by atoms with van der Waals surface area (Å²) in [5.41, 5.74) is 0.673. The van der Waals surface area contributed by atoms with Crippen LogP contribution >= 0.6 is 0 Å². The maximum Gasteiger partial charge on any atom is 0.260 e. The molecule has 0 spiro atoms. The second-order valence-corrected chi connectivity index (χ2v) is 7.24. The van der Waals surface area contributed by atoms with Gasteiger partial charge in [0, 0.05) is 25.2 Å². The molecule has 0 amide bonds. The van der Waals surface area contributed by atoms with Crippen LogP contribution in [0.15, 0.2) is 11.2 Å². The van der Waals surface area contributed by atoms with Crippen LogP contribution in [-0.2, 0) is 16.6 Å². The molecule has 1 fully saturated rings. The van der Waals surface area contributed by atoms with Crippen molar-refractivity contribution in [1.29, 1.82) is 0 Å². The Morgan fingerprint density at radius 3 is 2.75 bits per heavy atom. The number of hydrogen-bond acceptors (Lipinski definition) is 5. The zero-order valence-corrected chi connectivity index (χ0v) is 13.1. The predicted molar refractivity (Wildman–Crippen MR) is 76.8 cm³/mol. The smallest absolute Gasteiger partial charge is 0.260 e. The van der Waals surface area contributed by atoms with Crippen LogP contribution in [0.5, 0.6) is 0 Å². The van der Waals surface area contributed by atoms with E-state index in [-0.39, 0.29) is 11.1 Å². The third-order valence-corrected chi connectivity index (χ3v) is 5.81. The normalized spacial score (nSPS) is 18.8. The van der Waals surface area contributed by atoms with Crippen LogP contribution in [0.4, 0.5) is 0 Å². The zero-order valence-electron chi connectivity index (χ0n) is 12.3. The molecule has 0 atom stereocenters. The van der Waals surface area contributed by atoms with E-state index in [1.807, 2.05) is 0 Å². The van der Waals surface area contributed by atoms with Crippen LogP contribution in [0.2, 0.25) is 0 Å². The predicted octanol–water partition coefficient (Wildman–Crippen LogP) is -0.156. The Balaban J connectivity index is 2.18. The highest BCUT2D eigenvalue weighted by atomic mass is 32.2. The molecule has 1 aromatic rings. The minimum absolute atomic E-state index is 0.0573. The number of aromatic nitrogens is 2. The van der Waals surface area contributed by atoms with E-state index >= 15 is 0 Å². The molecule has 0 radical (unpaired) electrons. The average molecular weight is 301 g/mol. The zero-order chi connectivity index (χ0) is 14.8. The Kier molecular flexibility index (Phi) is 4.79. The summed E-state index contributed by atoms with van der Waals surface area (Å²) in [4.78, 5) is 2.22. The lowest BCUT2D eigenvalue weighted by atomic mass is 10.1. The number of sulfonamides is 1. The molecular formula is C12H23N5O2S. The maximum absolute atomic E-state index is 12.7. The number of nitrogens with zero attached hydrogens (tertiary/aromatic N) is 3. The Hall–Kier alpha value is -0.960. The molecule has 8 heteroatoms. The van der Waals surface area contributed by atoms with Gasteiger partial charge in [-0.25, -0.2) is 8.42 Å². The van der Waals surface area contributed by atoms with E-state index in [1.54, 1.807) is 20.3 Å². The summed E-state index contributed by atoms with van der Waals surface area (Å²) in [6, 6.07) is 0.0573. The van der Waals surface area contributed by atoms with Crippen molar-refractivity contribution >= 4 is 10.0 Å². The Morgan fingerprint density at radius 1 is 1.50 bits per heavy atom. The van der Waals surface area contributed by atoms with Crippen molar-refractivity contribution in [2.45, 2.75) is 30.5 Å². The second-order valence-electron chi connectivity index (χ2n) is 5.31. The highest BCUT2D eigenvalue weighted by Crippen LogP contribution is 2.23. The highest BCUT2D eigenvalue weighted by molar-refractivity contribution is 7.89. The molecule has 7 nitrogen and oxygen atoms in total. The van der Waals surface area contributed by atoms with Crippen molar-refractivity contribution in [3.8, 4) is 0 Å². The Bertz CT molecular complexity index is 534. The fraction of sp³-hybridized carbons (Fsp3) is 0.750. The fourth-order valence-electron chi connectivity index (χ4n) is 2.54. The summed E-state index contributed by atoms with van der Waals surface area (Å²) >= 11 is 0. The molecule has 0 aromatic carbocycles. The number of rotatable bonds is 5. The van der Waals surface area contributed by atoms with Crippen molar-refractivity contribution in [2.75, 3.05) is 34.2 Å². The number of hydrogen-bond donors (Lipinski definition) is 2. The van der Waals surface area contributed by atoms with Gasteiger partial charge < -0.3 is 10.2 Å². The first kappa shape index (κ1) is 15.4. The van der Waals surface area contributed by atoms with Crippen LogP contribution in [0.3, 0.4) is 0 Å². The third-order valence-electron chi connectivity index (χ3n) is 3.88. The molecule has 2 N–H and O–H groups in total. The van der Waals surface area contributed by atoms with Crippen molar-refractivity contribution in [2.24, 2.45) is 0 Å². The van der Waals surface area contributed by atoms with Gasteiger partial charge in [0.1, 0.15) is 0 Å². The van der Waals surface area contributed by atoms with Gasteiger partial charge in [-0.05, 0) is 40.0 Å². The van der Waals surface area contributed by atoms with Crippen molar-refractivity contribution < 1.29 is 8.42 Å². The lowest BCUT2D eigenvalue weighted by molar-refractivity contribution is 0.197. The van der Waals surface area contributed by atoms with Gasteiger partial charge in [-0.15, -0.1) is 0 Å². The summed E-state index contributed by atoms with van der Waals surface area (Å²) in [6.45, 7) is 2.33. The highest BCUT2D eigenvalue weighted by Gasteiger charge is 2.32. The Morgan fingerprint density at radius 2 is 2.15 bits per heavy atom. The number of H-pyrrole nitrogens is 1. The first-order chi connectivity index (χ1) is 9.46. The molecule has 114 valence electrons. The van der Waals surface area contributed by atoms with Gasteiger partial charge in [0.05, 0.1) is 6.20 Å². The molecular weight excluding hydrogens is 278 g/mol. The Labute approximate surface area is 120 Å². The molecule has 20 heavy (non-hydrogen) atoms. The number of aromatic amines is 1. The summed E-state index contributed by atoms with van der Waals surface area (Å²) < 4.78 is 26.9. The minimum Gasteiger partial charge on any atom is -0.316 e. The number of nitrogens with one attached hydrogen (secondary N) is 2. The molecule has 1 aromatic heterocycles. The van der Waals surface area contributed by atoms with E-state index in [1.165, 1.54) is 4.31 Å². The molecule has 0 unspecified atom stereocenters. The van der Waals surface area contributed by atoms with Crippen LogP contribution < -0.4 is 5.32 Å². The van der Waals surface area contributed by atoms with Crippen LogP contribution in [-0.4, -0.2) is 68.1 Å². The summed E-state index contributed by atoms with van der Waals surface area (Å²) in [6.07, 6.45) is 3.29. The van der Waals surface area contributed by atoms with Gasteiger partial charge in [-0.3, -0.25) is 5.10 Å². The molecule has 0 saturated carbocycles. The van der Waals surface area contributed by atoms with E-state index in [0.29, 0.717) is 12.1 Å². The topological polar surface area (TPSA) is 81.3 Å². The van der Waals surface area contributed by atoms with E-state index in [2.05, 4.69) is 27.5 Å².